The second kappa shape index (κ2) is 11.3. The normalized spacial score (nSPS) is 16.3. The van der Waals surface area contributed by atoms with Gasteiger partial charge in [-0.25, -0.2) is 9.97 Å². The largest absolute Gasteiger partial charge is 0.353 e. The standard InChI is InChI=1S/C26H34N6O3S/c1-18-19(2)27-26(28-24(18)31-12-8-29(9-13-31)20(3)33)36-17-22-6-5-7-23(16-22)25(35)32-14-10-30(11-15-32)21(4)34/h5-7,16H,8-15,17H2,1-4H3. The van der Waals surface area contributed by atoms with Crippen molar-refractivity contribution in [3.8, 4) is 0 Å². The van der Waals surface area contributed by atoms with Gasteiger partial charge in [-0.1, -0.05) is 23.9 Å². The predicted molar refractivity (Wildman–Crippen MR) is 140 cm³/mol. The smallest absolute Gasteiger partial charge is 0.253 e. The Bertz CT molecular complexity index is 1140. The topological polar surface area (TPSA) is 90.0 Å². The summed E-state index contributed by atoms with van der Waals surface area (Å²) >= 11 is 1.56. The number of carbonyl (C=O) groups is 3. The Balaban J connectivity index is 1.40. The second-order valence-corrected chi connectivity index (χ2v) is 10.3. The molecule has 2 aliphatic heterocycles. The second-order valence-electron chi connectivity index (χ2n) is 9.32. The highest BCUT2D eigenvalue weighted by Crippen LogP contribution is 2.27. The van der Waals surface area contributed by atoms with Crippen LogP contribution in [0.2, 0.25) is 0 Å². The molecule has 192 valence electrons. The number of hydrogen-bond donors (Lipinski definition) is 0. The number of hydrogen-bond acceptors (Lipinski definition) is 7. The van der Waals surface area contributed by atoms with Crippen molar-refractivity contribution in [3.63, 3.8) is 0 Å². The van der Waals surface area contributed by atoms with E-state index in [0.29, 0.717) is 55.7 Å². The number of thioether (sulfide) groups is 1. The van der Waals surface area contributed by atoms with Crippen LogP contribution in [0.5, 0.6) is 0 Å². The van der Waals surface area contributed by atoms with Crippen molar-refractivity contribution in [2.75, 3.05) is 57.3 Å². The van der Waals surface area contributed by atoms with Crippen molar-refractivity contribution in [2.24, 2.45) is 0 Å². The lowest BCUT2D eigenvalue weighted by atomic mass is 10.1. The highest BCUT2D eigenvalue weighted by atomic mass is 32.2. The maximum atomic E-state index is 13.0. The van der Waals surface area contributed by atoms with Crippen LogP contribution in [0.15, 0.2) is 29.4 Å². The molecular weight excluding hydrogens is 476 g/mol. The Morgan fingerprint density at radius 2 is 1.42 bits per heavy atom. The third-order valence-corrected chi connectivity index (χ3v) is 7.84. The number of piperazine rings is 2. The Morgan fingerprint density at radius 1 is 0.833 bits per heavy atom. The van der Waals surface area contributed by atoms with E-state index in [1.807, 2.05) is 47.9 Å². The molecule has 0 radical (unpaired) electrons. The van der Waals surface area contributed by atoms with E-state index < -0.39 is 0 Å². The molecule has 2 saturated heterocycles. The molecule has 0 spiro atoms. The summed E-state index contributed by atoms with van der Waals surface area (Å²) in [4.78, 5) is 53.5. The molecule has 0 saturated carbocycles. The van der Waals surface area contributed by atoms with E-state index in [-0.39, 0.29) is 17.7 Å². The zero-order chi connectivity index (χ0) is 25.8. The lowest BCUT2D eigenvalue weighted by Gasteiger charge is -2.35. The highest BCUT2D eigenvalue weighted by Gasteiger charge is 2.24. The molecular formula is C26H34N6O3S. The predicted octanol–water partition coefficient (Wildman–Crippen LogP) is 2.36. The summed E-state index contributed by atoms with van der Waals surface area (Å²) < 4.78 is 0. The molecule has 36 heavy (non-hydrogen) atoms. The van der Waals surface area contributed by atoms with Crippen LogP contribution in [-0.2, 0) is 15.3 Å². The molecule has 4 rings (SSSR count). The molecule has 0 atom stereocenters. The van der Waals surface area contributed by atoms with E-state index >= 15 is 0 Å². The Morgan fingerprint density at radius 3 is 2.03 bits per heavy atom. The van der Waals surface area contributed by atoms with Crippen molar-refractivity contribution < 1.29 is 14.4 Å². The van der Waals surface area contributed by atoms with E-state index in [9.17, 15) is 14.4 Å². The summed E-state index contributed by atoms with van der Waals surface area (Å²) in [6.07, 6.45) is 0. The van der Waals surface area contributed by atoms with E-state index in [1.165, 1.54) is 0 Å². The molecule has 3 heterocycles. The summed E-state index contributed by atoms with van der Waals surface area (Å²) in [5, 5.41) is 0.708. The number of anilines is 1. The molecule has 2 fully saturated rings. The van der Waals surface area contributed by atoms with Crippen molar-refractivity contribution in [2.45, 2.75) is 38.6 Å². The number of nitrogens with zero attached hydrogens (tertiary/aromatic N) is 6. The molecule has 1 aromatic heterocycles. The van der Waals surface area contributed by atoms with Crippen molar-refractivity contribution >= 4 is 35.3 Å². The van der Waals surface area contributed by atoms with Gasteiger partial charge >= 0.3 is 0 Å². The summed E-state index contributed by atoms with van der Waals surface area (Å²) in [7, 11) is 0. The lowest BCUT2D eigenvalue weighted by molar-refractivity contribution is -0.130. The van der Waals surface area contributed by atoms with Gasteiger partial charge in [-0.2, -0.15) is 0 Å². The first-order valence-electron chi connectivity index (χ1n) is 12.3. The van der Waals surface area contributed by atoms with Crippen LogP contribution in [0.25, 0.3) is 0 Å². The van der Waals surface area contributed by atoms with Crippen LogP contribution in [-0.4, -0.2) is 94.7 Å². The third kappa shape index (κ3) is 5.98. The first-order valence-corrected chi connectivity index (χ1v) is 13.3. The van der Waals surface area contributed by atoms with Crippen LogP contribution < -0.4 is 4.90 Å². The number of amides is 3. The fourth-order valence-corrected chi connectivity index (χ4v) is 5.37. The molecule has 1 aromatic carbocycles. The number of benzene rings is 1. The Kier molecular flexibility index (Phi) is 8.13. The number of aryl methyl sites for hydroxylation is 1. The number of aromatic nitrogens is 2. The minimum atomic E-state index is -0.000489. The lowest BCUT2D eigenvalue weighted by Crippen LogP contribution is -2.50. The molecule has 0 aliphatic carbocycles. The molecule has 0 N–H and O–H groups in total. The molecule has 2 aromatic rings. The van der Waals surface area contributed by atoms with Crippen molar-refractivity contribution in [1.82, 2.24) is 24.7 Å². The Labute approximate surface area is 216 Å². The van der Waals surface area contributed by atoms with E-state index in [2.05, 4.69) is 4.90 Å². The van der Waals surface area contributed by atoms with Gasteiger partial charge in [0.1, 0.15) is 5.82 Å². The van der Waals surface area contributed by atoms with Crippen LogP contribution >= 0.6 is 11.8 Å². The average molecular weight is 511 g/mol. The number of carbonyl (C=O) groups excluding carboxylic acids is 3. The van der Waals surface area contributed by atoms with Gasteiger partial charge in [0.2, 0.25) is 11.8 Å². The van der Waals surface area contributed by atoms with E-state index in [0.717, 1.165) is 35.7 Å². The van der Waals surface area contributed by atoms with Gasteiger partial charge in [-0.05, 0) is 31.5 Å². The molecule has 9 nitrogen and oxygen atoms in total. The van der Waals surface area contributed by atoms with Gasteiger partial charge in [0.25, 0.3) is 5.91 Å². The average Bonchev–Trinajstić information content (AvgIpc) is 2.89. The molecule has 10 heteroatoms. The fraction of sp³-hybridized carbons (Fsp3) is 0.500. The van der Waals surface area contributed by atoms with Gasteiger partial charge in [0.15, 0.2) is 5.16 Å². The summed E-state index contributed by atoms with van der Waals surface area (Å²) in [5.41, 5.74) is 3.71. The van der Waals surface area contributed by atoms with Crippen LogP contribution in [0.1, 0.15) is 41.0 Å². The molecule has 2 aliphatic rings. The summed E-state index contributed by atoms with van der Waals surface area (Å²) in [5.74, 6) is 1.75. The Hall–Kier alpha value is -3.14. The van der Waals surface area contributed by atoms with E-state index in [1.54, 1.807) is 30.5 Å². The molecule has 0 bridgehead atoms. The minimum Gasteiger partial charge on any atom is -0.353 e. The first-order chi connectivity index (χ1) is 17.2. The summed E-state index contributed by atoms with van der Waals surface area (Å²) in [6.45, 7) is 12.4. The first kappa shape index (κ1) is 25.9. The van der Waals surface area contributed by atoms with Crippen molar-refractivity contribution in [3.05, 3.63) is 46.6 Å². The van der Waals surface area contributed by atoms with Gasteiger partial charge < -0.3 is 19.6 Å². The number of rotatable bonds is 5. The van der Waals surface area contributed by atoms with Gasteiger partial charge in [0.05, 0.1) is 0 Å². The third-order valence-electron chi connectivity index (χ3n) is 6.92. The molecule has 3 amide bonds. The van der Waals surface area contributed by atoms with Crippen LogP contribution in [0.3, 0.4) is 0 Å². The quantitative estimate of drug-likeness (QED) is 0.451. The van der Waals surface area contributed by atoms with Gasteiger partial charge in [0, 0.05) is 88.8 Å². The zero-order valence-electron chi connectivity index (χ0n) is 21.5. The fourth-order valence-electron chi connectivity index (χ4n) is 4.54. The van der Waals surface area contributed by atoms with E-state index in [4.69, 9.17) is 9.97 Å². The zero-order valence-corrected chi connectivity index (χ0v) is 22.3. The van der Waals surface area contributed by atoms with Crippen molar-refractivity contribution in [1.29, 1.82) is 0 Å². The monoisotopic (exact) mass is 510 g/mol. The van der Waals surface area contributed by atoms with Gasteiger partial charge in [-0.3, -0.25) is 14.4 Å². The SMILES string of the molecule is CC(=O)N1CCN(C(=O)c2cccc(CSc3nc(C)c(C)c(N4CCN(C(C)=O)CC4)n3)c2)CC1. The van der Waals surface area contributed by atoms with Crippen LogP contribution in [0, 0.1) is 13.8 Å². The summed E-state index contributed by atoms with van der Waals surface area (Å²) in [6, 6.07) is 7.71. The highest BCUT2D eigenvalue weighted by molar-refractivity contribution is 7.98. The maximum absolute atomic E-state index is 13.0. The van der Waals surface area contributed by atoms with Gasteiger partial charge in [-0.15, -0.1) is 0 Å². The maximum Gasteiger partial charge on any atom is 0.253 e. The minimum absolute atomic E-state index is 0.000489. The van der Waals surface area contributed by atoms with Crippen LogP contribution in [0.4, 0.5) is 5.82 Å². The molecule has 0 unspecified atom stereocenters.